The Morgan fingerprint density at radius 3 is 2.94 bits per heavy atom. The molecule has 1 aromatic rings. The molecular formula is C12H18N2O3. The summed E-state index contributed by atoms with van der Waals surface area (Å²) in [6.45, 7) is 4.20. The van der Waals surface area contributed by atoms with Crippen LogP contribution >= 0.6 is 0 Å². The van der Waals surface area contributed by atoms with Gasteiger partial charge in [0.1, 0.15) is 5.76 Å². The summed E-state index contributed by atoms with van der Waals surface area (Å²) in [7, 11) is 0. The van der Waals surface area contributed by atoms with Crippen molar-refractivity contribution in [3.05, 3.63) is 24.2 Å². The summed E-state index contributed by atoms with van der Waals surface area (Å²) in [5, 5.41) is 2.89. The van der Waals surface area contributed by atoms with Gasteiger partial charge in [-0.05, 0) is 12.1 Å². The maximum absolute atomic E-state index is 11.6. The lowest BCUT2D eigenvalue weighted by Gasteiger charge is -2.25. The zero-order valence-corrected chi connectivity index (χ0v) is 9.85. The highest BCUT2D eigenvalue weighted by Crippen LogP contribution is 1.99. The van der Waals surface area contributed by atoms with Crippen LogP contribution in [0.1, 0.15) is 5.76 Å². The Morgan fingerprint density at radius 2 is 2.24 bits per heavy atom. The van der Waals surface area contributed by atoms with Crippen LogP contribution in [0, 0.1) is 0 Å². The van der Waals surface area contributed by atoms with Gasteiger partial charge in [-0.1, -0.05) is 0 Å². The number of nitrogens with zero attached hydrogens (tertiary/aromatic N) is 1. The minimum Gasteiger partial charge on any atom is -0.469 e. The predicted octanol–water partition coefficient (Wildman–Crippen LogP) is 0.271. The van der Waals surface area contributed by atoms with Crippen LogP contribution in [-0.2, 0) is 16.0 Å². The molecule has 0 atom stereocenters. The number of amides is 1. The molecule has 0 aliphatic carbocycles. The largest absolute Gasteiger partial charge is 0.469 e. The van der Waals surface area contributed by atoms with Crippen molar-refractivity contribution < 1.29 is 13.9 Å². The fourth-order valence-corrected chi connectivity index (χ4v) is 1.80. The number of carbonyl (C=O) groups is 1. The topological polar surface area (TPSA) is 54.7 Å². The van der Waals surface area contributed by atoms with Crippen LogP contribution < -0.4 is 5.32 Å². The number of carbonyl (C=O) groups excluding carboxylic acids is 1. The second-order valence-corrected chi connectivity index (χ2v) is 4.07. The molecule has 1 aliphatic heterocycles. The van der Waals surface area contributed by atoms with Gasteiger partial charge in [0.05, 0.1) is 26.0 Å². The molecule has 0 bridgehead atoms. The first kappa shape index (κ1) is 12.1. The van der Waals surface area contributed by atoms with E-state index in [4.69, 9.17) is 9.15 Å². The van der Waals surface area contributed by atoms with Gasteiger partial charge >= 0.3 is 0 Å². The summed E-state index contributed by atoms with van der Waals surface area (Å²) in [6, 6.07) is 3.76. The minimum absolute atomic E-state index is 0.0680. The lowest BCUT2D eigenvalue weighted by molar-refractivity contribution is -0.123. The third-order valence-electron chi connectivity index (χ3n) is 2.74. The second-order valence-electron chi connectivity index (χ2n) is 4.07. The van der Waals surface area contributed by atoms with Crippen molar-refractivity contribution in [1.82, 2.24) is 10.2 Å². The quantitative estimate of drug-likeness (QED) is 0.800. The summed E-state index contributed by atoms with van der Waals surface area (Å²) >= 11 is 0. The Bertz CT molecular complexity index is 332. The number of hydrogen-bond acceptors (Lipinski definition) is 4. The van der Waals surface area contributed by atoms with Crippen molar-refractivity contribution in [2.24, 2.45) is 0 Å². The SMILES string of the molecule is O=C(CN1CCOCC1)NCCc1ccco1. The maximum atomic E-state index is 11.6. The summed E-state index contributed by atoms with van der Waals surface area (Å²) in [6.07, 6.45) is 2.38. The molecule has 0 radical (unpaired) electrons. The number of morpholine rings is 1. The van der Waals surface area contributed by atoms with E-state index in [0.29, 0.717) is 13.1 Å². The zero-order valence-electron chi connectivity index (χ0n) is 9.85. The Hall–Kier alpha value is -1.33. The molecule has 17 heavy (non-hydrogen) atoms. The van der Waals surface area contributed by atoms with Crippen LogP contribution in [0.25, 0.3) is 0 Å². The van der Waals surface area contributed by atoms with Crippen molar-refractivity contribution in [3.8, 4) is 0 Å². The van der Waals surface area contributed by atoms with Gasteiger partial charge in [-0.2, -0.15) is 0 Å². The van der Waals surface area contributed by atoms with Gasteiger partial charge in [0.2, 0.25) is 5.91 Å². The molecule has 0 unspecified atom stereocenters. The molecule has 0 aromatic carbocycles. The van der Waals surface area contributed by atoms with Crippen LogP contribution in [0.5, 0.6) is 0 Å². The summed E-state index contributed by atoms with van der Waals surface area (Å²) in [4.78, 5) is 13.7. The molecule has 94 valence electrons. The van der Waals surface area contributed by atoms with Crippen LogP contribution in [0.15, 0.2) is 22.8 Å². The van der Waals surface area contributed by atoms with Crippen LogP contribution in [0.2, 0.25) is 0 Å². The van der Waals surface area contributed by atoms with E-state index < -0.39 is 0 Å². The van der Waals surface area contributed by atoms with Crippen LogP contribution in [0.4, 0.5) is 0 Å². The first-order valence-electron chi connectivity index (χ1n) is 5.94. The van der Waals surface area contributed by atoms with Gasteiger partial charge in [-0.15, -0.1) is 0 Å². The molecule has 5 nitrogen and oxygen atoms in total. The van der Waals surface area contributed by atoms with Crippen LogP contribution in [-0.4, -0.2) is 50.2 Å². The summed E-state index contributed by atoms with van der Waals surface area (Å²) < 4.78 is 10.4. The first-order chi connectivity index (χ1) is 8.34. The van der Waals surface area contributed by atoms with Gasteiger partial charge in [-0.25, -0.2) is 0 Å². The Kier molecular flexibility index (Phi) is 4.58. The molecule has 1 aliphatic rings. The average Bonchev–Trinajstić information content (AvgIpc) is 2.83. The van der Waals surface area contributed by atoms with Crippen LogP contribution in [0.3, 0.4) is 0 Å². The van der Waals surface area contributed by atoms with Crippen molar-refractivity contribution in [3.63, 3.8) is 0 Å². The number of rotatable bonds is 5. The van der Waals surface area contributed by atoms with Gasteiger partial charge in [-0.3, -0.25) is 9.69 Å². The fourth-order valence-electron chi connectivity index (χ4n) is 1.80. The molecule has 5 heteroatoms. The highest BCUT2D eigenvalue weighted by atomic mass is 16.5. The van der Waals surface area contributed by atoms with Crippen molar-refractivity contribution in [2.75, 3.05) is 39.4 Å². The van der Waals surface area contributed by atoms with E-state index >= 15 is 0 Å². The van der Waals surface area contributed by atoms with E-state index in [2.05, 4.69) is 10.2 Å². The number of hydrogen-bond donors (Lipinski definition) is 1. The molecule has 2 heterocycles. The van der Waals surface area contributed by atoms with E-state index in [1.165, 1.54) is 0 Å². The number of furan rings is 1. The normalized spacial score (nSPS) is 16.9. The Labute approximate surface area is 101 Å². The molecule has 1 aromatic heterocycles. The average molecular weight is 238 g/mol. The molecule has 0 spiro atoms. The van der Waals surface area contributed by atoms with Gasteiger partial charge < -0.3 is 14.5 Å². The van der Waals surface area contributed by atoms with E-state index in [-0.39, 0.29) is 5.91 Å². The van der Waals surface area contributed by atoms with E-state index in [0.717, 1.165) is 38.5 Å². The summed E-state index contributed by atoms with van der Waals surface area (Å²) in [5.41, 5.74) is 0. The standard InChI is InChI=1S/C12H18N2O3/c15-12(10-14-5-8-16-9-6-14)13-4-3-11-2-1-7-17-11/h1-2,7H,3-6,8-10H2,(H,13,15). The van der Waals surface area contributed by atoms with Gasteiger partial charge in [0.15, 0.2) is 0 Å². The Balaban J connectivity index is 1.60. The Morgan fingerprint density at radius 1 is 1.41 bits per heavy atom. The van der Waals surface area contributed by atoms with E-state index in [1.807, 2.05) is 12.1 Å². The van der Waals surface area contributed by atoms with Gasteiger partial charge in [0.25, 0.3) is 0 Å². The highest BCUT2D eigenvalue weighted by molar-refractivity contribution is 5.78. The predicted molar refractivity (Wildman–Crippen MR) is 62.7 cm³/mol. The molecule has 1 amide bonds. The first-order valence-corrected chi connectivity index (χ1v) is 5.94. The third kappa shape index (κ3) is 4.20. The minimum atomic E-state index is 0.0680. The van der Waals surface area contributed by atoms with Gasteiger partial charge in [0, 0.05) is 26.1 Å². The molecule has 0 saturated carbocycles. The third-order valence-corrected chi connectivity index (χ3v) is 2.74. The molecule has 1 N–H and O–H groups in total. The molecular weight excluding hydrogens is 220 g/mol. The smallest absolute Gasteiger partial charge is 0.234 e. The van der Waals surface area contributed by atoms with Crippen molar-refractivity contribution >= 4 is 5.91 Å². The maximum Gasteiger partial charge on any atom is 0.234 e. The van der Waals surface area contributed by atoms with Crippen molar-refractivity contribution in [1.29, 1.82) is 0 Å². The zero-order chi connectivity index (χ0) is 11.9. The molecule has 1 fully saturated rings. The molecule has 2 rings (SSSR count). The van der Waals surface area contributed by atoms with Crippen molar-refractivity contribution in [2.45, 2.75) is 6.42 Å². The monoisotopic (exact) mass is 238 g/mol. The van der Waals surface area contributed by atoms with E-state index in [9.17, 15) is 4.79 Å². The van der Waals surface area contributed by atoms with E-state index in [1.54, 1.807) is 6.26 Å². The molecule has 1 saturated heterocycles. The second kappa shape index (κ2) is 6.42. The fraction of sp³-hybridized carbons (Fsp3) is 0.583. The lowest BCUT2D eigenvalue weighted by atomic mass is 10.3. The number of nitrogens with one attached hydrogen (secondary N) is 1. The highest BCUT2D eigenvalue weighted by Gasteiger charge is 2.13. The number of ether oxygens (including phenoxy) is 1. The lowest BCUT2D eigenvalue weighted by Crippen LogP contribution is -2.43. The summed E-state index contributed by atoms with van der Waals surface area (Å²) in [5.74, 6) is 0.968.